The van der Waals surface area contributed by atoms with Crippen LogP contribution in [0.2, 0.25) is 5.15 Å². The van der Waals surface area contributed by atoms with Gasteiger partial charge in [-0.15, -0.1) is 11.6 Å². The Bertz CT molecular complexity index is 367. The number of nitrogens with zero attached hydrogens (tertiary/aromatic N) is 2. The molecule has 1 fully saturated rings. The Balaban J connectivity index is 2.27. The predicted molar refractivity (Wildman–Crippen MR) is 71.9 cm³/mol. The predicted octanol–water partition coefficient (Wildman–Crippen LogP) is 4.30. The van der Waals surface area contributed by atoms with Gasteiger partial charge in [0.2, 0.25) is 0 Å². The highest BCUT2D eigenvalue weighted by atomic mass is 35.5. The summed E-state index contributed by atoms with van der Waals surface area (Å²) in [5.41, 5.74) is 0. The van der Waals surface area contributed by atoms with Crippen molar-refractivity contribution in [3.8, 4) is 0 Å². The van der Waals surface area contributed by atoms with Gasteiger partial charge in [-0.1, -0.05) is 29.9 Å². The second-order valence-corrected chi connectivity index (χ2v) is 5.93. The normalized spacial score (nSPS) is 25.4. The molecule has 5 heteroatoms. The Kier molecular flexibility index (Phi) is 3.98. The van der Waals surface area contributed by atoms with E-state index in [0.29, 0.717) is 23.1 Å². The number of halogens is 2. The average Bonchev–Trinajstić information content (AvgIpc) is 2.81. The molecule has 2 heterocycles. The van der Waals surface area contributed by atoms with Gasteiger partial charge in [-0.25, -0.2) is 4.98 Å². The second kappa shape index (κ2) is 5.11. The highest BCUT2D eigenvalue weighted by Gasteiger charge is 2.31. The summed E-state index contributed by atoms with van der Waals surface area (Å²) < 4.78 is 0. The van der Waals surface area contributed by atoms with Gasteiger partial charge in [0.15, 0.2) is 5.13 Å². The average molecular weight is 279 g/mol. The maximum absolute atomic E-state index is 6.05. The van der Waals surface area contributed by atoms with Crippen LogP contribution >= 0.6 is 34.5 Å². The fraction of sp³-hybridized carbons (Fsp3) is 0.727. The van der Waals surface area contributed by atoms with Gasteiger partial charge >= 0.3 is 0 Å². The van der Waals surface area contributed by atoms with Crippen molar-refractivity contribution in [3.63, 3.8) is 0 Å². The van der Waals surface area contributed by atoms with Crippen LogP contribution in [0.4, 0.5) is 5.13 Å². The molecule has 0 bridgehead atoms. The molecular weight excluding hydrogens is 263 g/mol. The number of thiazole rings is 1. The molecule has 2 nitrogen and oxygen atoms in total. The molecule has 0 radical (unpaired) electrons. The van der Waals surface area contributed by atoms with E-state index in [1.807, 2.05) is 0 Å². The first-order valence-corrected chi connectivity index (χ1v) is 7.39. The highest BCUT2D eigenvalue weighted by Crippen LogP contribution is 2.37. The van der Waals surface area contributed by atoms with Crippen LogP contribution in [0.15, 0.2) is 0 Å². The maximum atomic E-state index is 6.05. The monoisotopic (exact) mass is 278 g/mol. The zero-order chi connectivity index (χ0) is 11.7. The summed E-state index contributed by atoms with van der Waals surface area (Å²) in [6.07, 6.45) is 3.66. The minimum Gasteiger partial charge on any atom is -0.342 e. The smallest absolute Gasteiger partial charge is 0.187 e. The van der Waals surface area contributed by atoms with E-state index in [4.69, 9.17) is 23.2 Å². The Morgan fingerprint density at radius 2 is 2.25 bits per heavy atom. The van der Waals surface area contributed by atoms with Gasteiger partial charge in [0, 0.05) is 12.1 Å². The van der Waals surface area contributed by atoms with Gasteiger partial charge in [-0.05, 0) is 26.2 Å². The molecule has 1 aliphatic rings. The third kappa shape index (κ3) is 2.18. The molecule has 90 valence electrons. The minimum absolute atomic E-state index is 0.454. The van der Waals surface area contributed by atoms with E-state index in [9.17, 15) is 0 Å². The van der Waals surface area contributed by atoms with Crippen molar-refractivity contribution >= 4 is 39.7 Å². The fourth-order valence-corrected chi connectivity index (χ4v) is 3.98. The first kappa shape index (κ1) is 12.5. The van der Waals surface area contributed by atoms with Gasteiger partial charge in [-0.2, -0.15) is 0 Å². The van der Waals surface area contributed by atoms with Crippen molar-refractivity contribution in [1.82, 2.24) is 4.98 Å². The van der Waals surface area contributed by atoms with Crippen LogP contribution < -0.4 is 4.90 Å². The molecule has 2 atom stereocenters. The van der Waals surface area contributed by atoms with E-state index >= 15 is 0 Å². The molecule has 2 rings (SSSR count). The summed E-state index contributed by atoms with van der Waals surface area (Å²) in [5.74, 6) is 0.454. The number of alkyl halides is 1. The van der Waals surface area contributed by atoms with Gasteiger partial charge < -0.3 is 4.90 Å². The van der Waals surface area contributed by atoms with Crippen molar-refractivity contribution < 1.29 is 0 Å². The summed E-state index contributed by atoms with van der Waals surface area (Å²) >= 11 is 13.5. The van der Waals surface area contributed by atoms with E-state index < -0.39 is 0 Å². The SMILES string of the molecule is CCC1CCC(C)N1c1nc(Cl)c(CCl)s1. The number of rotatable bonds is 3. The third-order valence-electron chi connectivity index (χ3n) is 3.24. The first-order chi connectivity index (χ1) is 7.67. The van der Waals surface area contributed by atoms with E-state index in [2.05, 4.69) is 23.7 Å². The fourth-order valence-electron chi connectivity index (χ4n) is 2.33. The van der Waals surface area contributed by atoms with Gasteiger partial charge in [-0.3, -0.25) is 0 Å². The Hall–Kier alpha value is 0.01000. The summed E-state index contributed by atoms with van der Waals surface area (Å²) in [5, 5.41) is 1.61. The Morgan fingerprint density at radius 3 is 2.81 bits per heavy atom. The molecule has 2 unspecified atom stereocenters. The molecule has 0 aliphatic carbocycles. The molecule has 0 N–H and O–H groups in total. The minimum atomic E-state index is 0.454. The molecule has 0 amide bonds. The van der Waals surface area contributed by atoms with Crippen molar-refractivity contribution in [2.45, 2.75) is 51.1 Å². The number of aromatic nitrogens is 1. The molecule has 1 aromatic heterocycles. The largest absolute Gasteiger partial charge is 0.342 e. The molecule has 1 aromatic rings. The van der Waals surface area contributed by atoms with Crippen LogP contribution in [0.1, 0.15) is 38.0 Å². The lowest BCUT2D eigenvalue weighted by Crippen LogP contribution is -2.33. The summed E-state index contributed by atoms with van der Waals surface area (Å²) in [6, 6.07) is 1.18. The molecule has 1 aliphatic heterocycles. The standard InChI is InChI=1S/C11H16Cl2N2S/c1-3-8-5-4-7(2)15(8)11-14-10(13)9(6-12)16-11/h7-8H,3-6H2,1-2H3. The van der Waals surface area contributed by atoms with Crippen molar-refractivity contribution in [1.29, 1.82) is 0 Å². The quantitative estimate of drug-likeness (QED) is 0.767. The van der Waals surface area contributed by atoms with Crippen LogP contribution in [0.3, 0.4) is 0 Å². The van der Waals surface area contributed by atoms with E-state index in [0.717, 1.165) is 16.4 Å². The second-order valence-electron chi connectivity index (χ2n) is 4.24. The zero-order valence-corrected chi connectivity index (χ0v) is 11.9. The lowest BCUT2D eigenvalue weighted by atomic mass is 10.2. The summed E-state index contributed by atoms with van der Waals surface area (Å²) in [4.78, 5) is 7.83. The van der Waals surface area contributed by atoms with Crippen LogP contribution in [0, 0.1) is 0 Å². The number of anilines is 1. The molecular formula is C11H16Cl2N2S. The van der Waals surface area contributed by atoms with Crippen LogP contribution in [0.5, 0.6) is 0 Å². The van der Waals surface area contributed by atoms with Gasteiger partial charge in [0.1, 0.15) is 5.15 Å². The zero-order valence-electron chi connectivity index (χ0n) is 9.54. The molecule has 0 spiro atoms. The van der Waals surface area contributed by atoms with Crippen LogP contribution in [0.25, 0.3) is 0 Å². The van der Waals surface area contributed by atoms with Gasteiger partial charge in [0.05, 0.1) is 10.8 Å². The summed E-state index contributed by atoms with van der Waals surface area (Å²) in [7, 11) is 0. The lowest BCUT2D eigenvalue weighted by molar-refractivity contribution is 0.626. The Morgan fingerprint density at radius 1 is 1.50 bits per heavy atom. The van der Waals surface area contributed by atoms with Crippen molar-refractivity contribution in [2.24, 2.45) is 0 Å². The third-order valence-corrected chi connectivity index (χ3v) is 5.16. The lowest BCUT2D eigenvalue weighted by Gasteiger charge is -2.27. The van der Waals surface area contributed by atoms with E-state index in [1.54, 1.807) is 11.3 Å². The van der Waals surface area contributed by atoms with Crippen molar-refractivity contribution in [3.05, 3.63) is 10.0 Å². The highest BCUT2D eigenvalue weighted by molar-refractivity contribution is 7.16. The van der Waals surface area contributed by atoms with E-state index in [-0.39, 0.29) is 0 Å². The molecule has 1 saturated heterocycles. The summed E-state index contributed by atoms with van der Waals surface area (Å²) in [6.45, 7) is 4.48. The maximum Gasteiger partial charge on any atom is 0.187 e. The Labute approximate surface area is 111 Å². The van der Waals surface area contributed by atoms with Gasteiger partial charge in [0.25, 0.3) is 0 Å². The van der Waals surface area contributed by atoms with E-state index in [1.165, 1.54) is 12.8 Å². The first-order valence-electron chi connectivity index (χ1n) is 5.66. The van der Waals surface area contributed by atoms with Crippen LogP contribution in [-0.4, -0.2) is 17.1 Å². The molecule has 0 aromatic carbocycles. The number of hydrogen-bond acceptors (Lipinski definition) is 3. The van der Waals surface area contributed by atoms with Crippen LogP contribution in [-0.2, 0) is 5.88 Å². The number of hydrogen-bond donors (Lipinski definition) is 0. The van der Waals surface area contributed by atoms with Crippen molar-refractivity contribution in [2.75, 3.05) is 4.90 Å². The topological polar surface area (TPSA) is 16.1 Å². The molecule has 0 saturated carbocycles. The molecule has 16 heavy (non-hydrogen) atoms.